The fraction of sp³-hybridized carbons (Fsp3) is 0.273. The van der Waals surface area contributed by atoms with Crippen LogP contribution < -0.4 is 5.32 Å². The molecule has 0 aromatic carbocycles. The second kappa shape index (κ2) is 3.52. The van der Waals surface area contributed by atoms with E-state index in [0.717, 1.165) is 17.4 Å². The molecule has 1 aromatic heterocycles. The molecule has 0 unspecified atom stereocenters. The first kappa shape index (κ1) is 8.17. The molecule has 0 spiro atoms. The second-order valence-electron chi connectivity index (χ2n) is 3.24. The monoisotopic (exact) mass is 175 g/mol. The average Bonchev–Trinajstić information content (AvgIpc) is 2.80. The van der Waals surface area contributed by atoms with Crippen LogP contribution in [0.3, 0.4) is 0 Å². The summed E-state index contributed by atoms with van der Waals surface area (Å²) in [6, 6.07) is 3.84. The third kappa shape index (κ3) is 2.02. The Labute approximate surface area is 77.9 Å². The molecule has 1 aromatic rings. The van der Waals surface area contributed by atoms with E-state index in [9.17, 15) is 0 Å². The van der Waals surface area contributed by atoms with Crippen molar-refractivity contribution < 1.29 is 4.42 Å². The van der Waals surface area contributed by atoms with E-state index in [1.54, 1.807) is 12.5 Å². The van der Waals surface area contributed by atoms with E-state index in [4.69, 9.17) is 4.42 Å². The summed E-state index contributed by atoms with van der Waals surface area (Å²) in [4.78, 5) is 0. The summed E-state index contributed by atoms with van der Waals surface area (Å²) >= 11 is 0. The van der Waals surface area contributed by atoms with Gasteiger partial charge in [-0.05, 0) is 37.1 Å². The first-order valence-electron chi connectivity index (χ1n) is 4.53. The molecule has 1 aliphatic carbocycles. The highest BCUT2D eigenvalue weighted by molar-refractivity contribution is 5.60. The fourth-order valence-electron chi connectivity index (χ4n) is 1.24. The van der Waals surface area contributed by atoms with Crippen LogP contribution in [-0.2, 0) is 0 Å². The molecular formula is C11H13NO. The van der Waals surface area contributed by atoms with E-state index in [1.807, 2.05) is 12.1 Å². The quantitative estimate of drug-likeness (QED) is 0.761. The van der Waals surface area contributed by atoms with Gasteiger partial charge in [-0.25, -0.2) is 0 Å². The molecule has 1 fully saturated rings. The van der Waals surface area contributed by atoms with Gasteiger partial charge in [0.15, 0.2) is 0 Å². The van der Waals surface area contributed by atoms with Crippen LogP contribution >= 0.6 is 0 Å². The number of rotatable bonds is 4. The van der Waals surface area contributed by atoms with Gasteiger partial charge in [-0.15, -0.1) is 0 Å². The van der Waals surface area contributed by atoms with Crippen molar-refractivity contribution in [2.24, 2.45) is 5.92 Å². The maximum absolute atomic E-state index is 5.30. The lowest BCUT2D eigenvalue weighted by molar-refractivity contribution is 0.549. The largest absolute Gasteiger partial charge is 0.463 e. The molecule has 0 saturated heterocycles. The Morgan fingerprint density at radius 2 is 2.46 bits per heavy atom. The minimum Gasteiger partial charge on any atom is -0.463 e. The molecule has 1 N–H and O–H groups in total. The van der Waals surface area contributed by atoms with Crippen molar-refractivity contribution in [1.29, 1.82) is 0 Å². The predicted molar refractivity (Wildman–Crippen MR) is 52.7 cm³/mol. The van der Waals surface area contributed by atoms with Crippen LogP contribution in [0.25, 0.3) is 5.70 Å². The Hall–Kier alpha value is -1.44. The van der Waals surface area contributed by atoms with E-state index < -0.39 is 0 Å². The molecule has 2 nitrogen and oxygen atoms in total. The molecule has 0 bridgehead atoms. The lowest BCUT2D eigenvalue weighted by Crippen LogP contribution is -2.02. The minimum absolute atomic E-state index is 0.729. The Balaban J connectivity index is 2.17. The average molecular weight is 175 g/mol. The van der Waals surface area contributed by atoms with Gasteiger partial charge in [0.25, 0.3) is 0 Å². The van der Waals surface area contributed by atoms with Gasteiger partial charge < -0.3 is 9.73 Å². The number of nitrogens with one attached hydrogen (secondary N) is 1. The summed E-state index contributed by atoms with van der Waals surface area (Å²) in [6.07, 6.45) is 8.16. The molecule has 0 aliphatic heterocycles. The minimum atomic E-state index is 0.729. The second-order valence-corrected chi connectivity index (χ2v) is 3.24. The van der Waals surface area contributed by atoms with Crippen LogP contribution in [0, 0.1) is 5.92 Å². The summed E-state index contributed by atoms with van der Waals surface area (Å²) in [5.41, 5.74) is 1.03. The zero-order chi connectivity index (χ0) is 9.10. The molecule has 0 radical (unpaired) electrons. The van der Waals surface area contributed by atoms with Crippen molar-refractivity contribution in [3.05, 3.63) is 43.0 Å². The van der Waals surface area contributed by atoms with Crippen molar-refractivity contribution in [1.82, 2.24) is 5.32 Å². The molecule has 2 rings (SSSR count). The zero-order valence-electron chi connectivity index (χ0n) is 7.49. The number of allylic oxidation sites excluding steroid dienone is 1. The Kier molecular flexibility index (Phi) is 2.21. The molecular weight excluding hydrogens is 162 g/mol. The predicted octanol–water partition coefficient (Wildman–Crippen LogP) is 2.76. The molecule has 68 valence electrons. The van der Waals surface area contributed by atoms with Crippen molar-refractivity contribution in [2.45, 2.75) is 12.8 Å². The molecule has 2 heteroatoms. The van der Waals surface area contributed by atoms with Crippen molar-refractivity contribution >= 4 is 5.70 Å². The third-order valence-electron chi connectivity index (χ3n) is 2.07. The summed E-state index contributed by atoms with van der Waals surface area (Å²) in [5, 5.41) is 3.09. The molecule has 1 heterocycles. The SMILES string of the molecule is C=CN/C(=C\C1CC1)c1ccco1. The number of hydrogen-bond donors (Lipinski definition) is 1. The third-order valence-corrected chi connectivity index (χ3v) is 2.07. The Morgan fingerprint density at radius 1 is 1.62 bits per heavy atom. The van der Waals surface area contributed by atoms with Gasteiger partial charge >= 0.3 is 0 Å². The fourth-order valence-corrected chi connectivity index (χ4v) is 1.24. The maximum Gasteiger partial charge on any atom is 0.149 e. The summed E-state index contributed by atoms with van der Waals surface area (Å²) in [5.74, 6) is 1.61. The lowest BCUT2D eigenvalue weighted by Gasteiger charge is -2.02. The van der Waals surface area contributed by atoms with Gasteiger partial charge in [0.2, 0.25) is 0 Å². The summed E-state index contributed by atoms with van der Waals surface area (Å²) in [6.45, 7) is 3.64. The van der Waals surface area contributed by atoms with Crippen molar-refractivity contribution in [3.8, 4) is 0 Å². The van der Waals surface area contributed by atoms with Crippen molar-refractivity contribution in [3.63, 3.8) is 0 Å². The van der Waals surface area contributed by atoms with Gasteiger partial charge in [-0.2, -0.15) is 0 Å². The number of hydrogen-bond acceptors (Lipinski definition) is 2. The van der Waals surface area contributed by atoms with Crippen LogP contribution in [0.15, 0.2) is 41.7 Å². The van der Waals surface area contributed by atoms with Crippen LogP contribution in [-0.4, -0.2) is 0 Å². The van der Waals surface area contributed by atoms with Gasteiger partial charge in [0.05, 0.1) is 12.0 Å². The van der Waals surface area contributed by atoms with Crippen LogP contribution in [0.2, 0.25) is 0 Å². The van der Waals surface area contributed by atoms with E-state index in [1.165, 1.54) is 12.8 Å². The van der Waals surface area contributed by atoms with Crippen molar-refractivity contribution in [2.75, 3.05) is 0 Å². The molecule has 1 aliphatic rings. The van der Waals surface area contributed by atoms with E-state index in [0.29, 0.717) is 0 Å². The van der Waals surface area contributed by atoms with Gasteiger partial charge in [0, 0.05) is 0 Å². The van der Waals surface area contributed by atoms with Gasteiger partial charge in [-0.1, -0.05) is 12.7 Å². The highest BCUT2D eigenvalue weighted by Crippen LogP contribution is 2.32. The Bertz CT molecular complexity index is 307. The smallest absolute Gasteiger partial charge is 0.149 e. The molecule has 0 atom stereocenters. The van der Waals surface area contributed by atoms with Crippen LogP contribution in [0.5, 0.6) is 0 Å². The van der Waals surface area contributed by atoms with Crippen LogP contribution in [0.4, 0.5) is 0 Å². The highest BCUT2D eigenvalue weighted by Gasteiger charge is 2.20. The molecule has 13 heavy (non-hydrogen) atoms. The summed E-state index contributed by atoms with van der Waals surface area (Å²) in [7, 11) is 0. The summed E-state index contributed by atoms with van der Waals surface area (Å²) < 4.78 is 5.30. The topological polar surface area (TPSA) is 25.2 Å². The standard InChI is InChI=1S/C11H13NO/c1-2-12-10(8-9-5-6-9)11-4-3-7-13-11/h2-4,7-9,12H,1,5-6H2/b10-8-. The lowest BCUT2D eigenvalue weighted by atomic mass is 10.2. The van der Waals surface area contributed by atoms with Gasteiger partial charge in [0.1, 0.15) is 5.76 Å². The highest BCUT2D eigenvalue weighted by atomic mass is 16.3. The Morgan fingerprint density at radius 3 is 3.00 bits per heavy atom. The van der Waals surface area contributed by atoms with E-state index >= 15 is 0 Å². The molecule has 0 amide bonds. The van der Waals surface area contributed by atoms with Crippen LogP contribution in [0.1, 0.15) is 18.6 Å². The molecule has 1 saturated carbocycles. The maximum atomic E-state index is 5.30. The van der Waals surface area contributed by atoms with Gasteiger partial charge in [-0.3, -0.25) is 0 Å². The first-order chi connectivity index (χ1) is 6.40. The zero-order valence-corrected chi connectivity index (χ0v) is 7.49. The normalized spacial score (nSPS) is 17.1. The van der Waals surface area contributed by atoms with E-state index in [2.05, 4.69) is 18.0 Å². The van der Waals surface area contributed by atoms with E-state index in [-0.39, 0.29) is 0 Å². The first-order valence-corrected chi connectivity index (χ1v) is 4.53. The number of furan rings is 1.